The fourth-order valence-electron chi connectivity index (χ4n) is 2.96. The molecule has 0 bridgehead atoms. The second-order valence-electron chi connectivity index (χ2n) is 6.54. The van der Waals surface area contributed by atoms with Crippen LogP contribution in [0.5, 0.6) is 5.75 Å². The average molecular weight is 449 g/mol. The Hall–Kier alpha value is -3.50. The molecule has 1 N–H and O–H groups in total. The molecule has 2 aromatic carbocycles. The largest absolute Gasteiger partial charge is 0.497 e. The number of benzene rings is 2. The van der Waals surface area contributed by atoms with Crippen molar-refractivity contribution in [1.82, 2.24) is 29.8 Å². The van der Waals surface area contributed by atoms with Crippen LogP contribution in [0.15, 0.2) is 70.6 Å². The summed E-state index contributed by atoms with van der Waals surface area (Å²) < 4.78 is 6.52. The minimum atomic E-state index is -0.201. The molecule has 31 heavy (non-hydrogen) atoms. The zero-order chi connectivity index (χ0) is 21.2. The van der Waals surface area contributed by atoms with E-state index in [1.165, 1.54) is 33.7 Å². The van der Waals surface area contributed by atoms with E-state index >= 15 is 0 Å². The van der Waals surface area contributed by atoms with E-state index in [4.69, 9.17) is 4.74 Å². The van der Waals surface area contributed by atoms with E-state index in [-0.39, 0.29) is 5.56 Å². The van der Waals surface area contributed by atoms with Gasteiger partial charge in [0, 0.05) is 22.9 Å². The Morgan fingerprint density at radius 2 is 1.87 bits per heavy atom. The summed E-state index contributed by atoms with van der Waals surface area (Å²) in [6.07, 6.45) is 0. The van der Waals surface area contributed by atoms with E-state index in [0.717, 1.165) is 21.9 Å². The summed E-state index contributed by atoms with van der Waals surface area (Å²) in [7, 11) is 1.63. The number of nitrogens with one attached hydrogen (secondary N) is 1. The molecule has 0 fully saturated rings. The van der Waals surface area contributed by atoms with Gasteiger partial charge in [-0.25, -0.2) is 9.97 Å². The van der Waals surface area contributed by atoms with Crippen molar-refractivity contribution in [2.24, 2.45) is 0 Å². The van der Waals surface area contributed by atoms with Crippen molar-refractivity contribution < 1.29 is 4.74 Å². The van der Waals surface area contributed by atoms with E-state index in [1.54, 1.807) is 7.11 Å². The first-order valence-corrected chi connectivity index (χ1v) is 11.1. The van der Waals surface area contributed by atoms with Gasteiger partial charge in [-0.05, 0) is 24.3 Å². The Balaban J connectivity index is 1.34. The number of ether oxygens (including phenoxy) is 1. The average Bonchev–Trinajstić information content (AvgIpc) is 3.46. The van der Waals surface area contributed by atoms with Gasteiger partial charge in [-0.3, -0.25) is 9.89 Å². The quantitative estimate of drug-likeness (QED) is 0.393. The highest BCUT2D eigenvalue weighted by atomic mass is 32.2. The number of aromatic amines is 1. The second kappa shape index (κ2) is 8.32. The molecule has 0 spiro atoms. The van der Waals surface area contributed by atoms with Gasteiger partial charge < -0.3 is 4.74 Å². The van der Waals surface area contributed by atoms with Gasteiger partial charge in [-0.15, -0.1) is 5.10 Å². The SMILES string of the molecule is COc1ccc(-c2nc(SCc3cc(=O)n4nc(-c5ccccc5)sc4n3)n[nH]2)cc1. The van der Waals surface area contributed by atoms with Crippen LogP contribution in [0.2, 0.25) is 0 Å². The van der Waals surface area contributed by atoms with Gasteiger partial charge in [0.05, 0.1) is 12.8 Å². The molecule has 8 nitrogen and oxygen atoms in total. The molecule has 0 unspecified atom stereocenters. The zero-order valence-electron chi connectivity index (χ0n) is 16.3. The molecule has 0 radical (unpaired) electrons. The van der Waals surface area contributed by atoms with Crippen LogP contribution in [0, 0.1) is 0 Å². The molecule has 3 heterocycles. The van der Waals surface area contributed by atoms with Gasteiger partial charge in [-0.1, -0.05) is 53.4 Å². The van der Waals surface area contributed by atoms with Gasteiger partial charge in [-0.2, -0.15) is 9.61 Å². The summed E-state index contributed by atoms with van der Waals surface area (Å²) in [6.45, 7) is 0. The Morgan fingerprint density at radius 3 is 2.65 bits per heavy atom. The molecule has 5 rings (SSSR count). The van der Waals surface area contributed by atoms with Gasteiger partial charge in [0.25, 0.3) is 5.56 Å². The zero-order valence-corrected chi connectivity index (χ0v) is 18.0. The maximum atomic E-state index is 12.5. The number of aromatic nitrogens is 6. The highest BCUT2D eigenvalue weighted by Gasteiger charge is 2.12. The lowest BCUT2D eigenvalue weighted by molar-refractivity contribution is 0.415. The Morgan fingerprint density at radius 1 is 1.06 bits per heavy atom. The van der Waals surface area contributed by atoms with Crippen LogP contribution in [-0.4, -0.2) is 36.9 Å². The predicted octanol–water partition coefficient (Wildman–Crippen LogP) is 3.90. The van der Waals surface area contributed by atoms with E-state index in [1.807, 2.05) is 54.6 Å². The van der Waals surface area contributed by atoms with Gasteiger partial charge in [0.1, 0.15) is 10.8 Å². The number of hydrogen-bond donors (Lipinski definition) is 1. The fourth-order valence-corrected chi connectivity index (χ4v) is 4.58. The summed E-state index contributed by atoms with van der Waals surface area (Å²) >= 11 is 2.80. The van der Waals surface area contributed by atoms with E-state index in [2.05, 4.69) is 25.3 Å². The molecule has 10 heteroatoms. The van der Waals surface area contributed by atoms with Crippen LogP contribution in [0.1, 0.15) is 5.69 Å². The molecular formula is C21H16N6O2S2. The van der Waals surface area contributed by atoms with Crippen LogP contribution in [-0.2, 0) is 5.75 Å². The first kappa shape index (κ1) is 19.5. The van der Waals surface area contributed by atoms with E-state index in [9.17, 15) is 4.79 Å². The van der Waals surface area contributed by atoms with Gasteiger partial charge >= 0.3 is 0 Å². The van der Waals surface area contributed by atoms with Gasteiger partial charge in [0.2, 0.25) is 10.1 Å². The molecular weight excluding hydrogens is 432 g/mol. The lowest BCUT2D eigenvalue weighted by Gasteiger charge is -2.00. The summed E-state index contributed by atoms with van der Waals surface area (Å²) in [6, 6.07) is 18.8. The van der Waals surface area contributed by atoms with Crippen LogP contribution in [0.4, 0.5) is 0 Å². The Bertz CT molecular complexity index is 1390. The molecule has 3 aromatic heterocycles. The number of methoxy groups -OCH3 is 1. The molecule has 0 aliphatic rings. The summed E-state index contributed by atoms with van der Waals surface area (Å²) in [5, 5.41) is 12.9. The number of fused-ring (bicyclic) bond motifs is 1. The number of nitrogens with zero attached hydrogens (tertiary/aromatic N) is 5. The van der Waals surface area contributed by atoms with Crippen LogP contribution in [0.3, 0.4) is 0 Å². The molecule has 0 atom stereocenters. The molecule has 0 saturated carbocycles. The third kappa shape index (κ3) is 4.07. The lowest BCUT2D eigenvalue weighted by Crippen LogP contribution is -2.15. The predicted molar refractivity (Wildman–Crippen MR) is 121 cm³/mol. The molecule has 0 amide bonds. The van der Waals surface area contributed by atoms with Crippen molar-refractivity contribution in [3.8, 4) is 27.7 Å². The van der Waals surface area contributed by atoms with Crippen LogP contribution < -0.4 is 10.3 Å². The van der Waals surface area contributed by atoms with Crippen molar-refractivity contribution in [2.45, 2.75) is 10.9 Å². The maximum Gasteiger partial charge on any atom is 0.275 e. The Kier molecular flexibility index (Phi) is 5.23. The summed E-state index contributed by atoms with van der Waals surface area (Å²) in [4.78, 5) is 22.2. The van der Waals surface area contributed by atoms with Crippen molar-refractivity contribution in [3.05, 3.63) is 76.7 Å². The third-order valence-corrected chi connectivity index (χ3v) is 6.33. The molecule has 0 saturated heterocycles. The maximum absolute atomic E-state index is 12.5. The number of thioether (sulfide) groups is 1. The number of rotatable bonds is 6. The first-order valence-electron chi connectivity index (χ1n) is 9.34. The summed E-state index contributed by atoms with van der Waals surface area (Å²) in [5.41, 5.74) is 2.33. The standard InChI is InChI=1S/C21H16N6O2S2/c1-29-16-9-7-13(8-10-16)18-23-20(25-24-18)30-12-15-11-17(28)27-21(22-15)31-19(26-27)14-5-3-2-4-6-14/h2-11H,12H2,1H3,(H,23,24,25). The van der Waals surface area contributed by atoms with Crippen molar-refractivity contribution in [3.63, 3.8) is 0 Å². The molecule has 0 aliphatic heterocycles. The first-order chi connectivity index (χ1) is 15.2. The molecule has 5 aromatic rings. The second-order valence-corrected chi connectivity index (χ2v) is 8.44. The van der Waals surface area contributed by atoms with E-state index < -0.39 is 0 Å². The normalized spacial score (nSPS) is 11.1. The van der Waals surface area contributed by atoms with Gasteiger partial charge in [0.15, 0.2) is 5.82 Å². The smallest absolute Gasteiger partial charge is 0.275 e. The summed E-state index contributed by atoms with van der Waals surface area (Å²) in [5.74, 6) is 1.93. The molecule has 0 aliphatic carbocycles. The van der Waals surface area contributed by atoms with Crippen molar-refractivity contribution in [1.29, 1.82) is 0 Å². The monoisotopic (exact) mass is 448 g/mol. The van der Waals surface area contributed by atoms with Crippen LogP contribution >= 0.6 is 23.1 Å². The molecule has 154 valence electrons. The highest BCUT2D eigenvalue weighted by molar-refractivity contribution is 7.98. The minimum absolute atomic E-state index is 0.201. The lowest BCUT2D eigenvalue weighted by atomic mass is 10.2. The topological polar surface area (TPSA) is 98.1 Å². The Labute approximate surface area is 185 Å². The van der Waals surface area contributed by atoms with Crippen LogP contribution in [0.25, 0.3) is 26.9 Å². The number of hydrogen-bond acceptors (Lipinski definition) is 8. The minimum Gasteiger partial charge on any atom is -0.497 e. The van der Waals surface area contributed by atoms with Crippen molar-refractivity contribution >= 4 is 28.1 Å². The highest BCUT2D eigenvalue weighted by Crippen LogP contribution is 2.26. The fraction of sp³-hybridized carbons (Fsp3) is 0.0952. The third-order valence-electron chi connectivity index (χ3n) is 4.50. The van der Waals surface area contributed by atoms with E-state index in [0.29, 0.717) is 27.4 Å². The number of H-pyrrole nitrogens is 1. The van der Waals surface area contributed by atoms with Crippen molar-refractivity contribution in [2.75, 3.05) is 7.11 Å².